The van der Waals surface area contributed by atoms with Gasteiger partial charge in [-0.05, 0) is 33.3 Å². The van der Waals surface area contributed by atoms with Crippen LogP contribution in [0.4, 0.5) is 10.5 Å². The number of oxazole rings is 1. The standard InChI is InChI=1S/C17H21N3O6/c1-17(2,3)26-16(21)19-7-6-11(9-19)10-24-15-18-13-8-12(20(22)23)4-5-14(13)25-15/h4-5,8,11H,6-7,9-10H2,1-3H3/t11-/m1/s1. The van der Waals surface area contributed by atoms with Crippen LogP contribution in [0, 0.1) is 16.0 Å². The monoisotopic (exact) mass is 363 g/mol. The Balaban J connectivity index is 1.56. The van der Waals surface area contributed by atoms with Gasteiger partial charge in [-0.15, -0.1) is 0 Å². The first-order chi connectivity index (χ1) is 12.2. The third kappa shape index (κ3) is 4.22. The molecule has 26 heavy (non-hydrogen) atoms. The predicted octanol–water partition coefficient (Wildman–Crippen LogP) is 3.37. The number of carbonyl (C=O) groups is 1. The van der Waals surface area contributed by atoms with E-state index in [0.717, 1.165) is 6.42 Å². The van der Waals surface area contributed by atoms with Gasteiger partial charge in [0.05, 0.1) is 11.5 Å². The average molecular weight is 363 g/mol. The molecule has 3 rings (SSSR count). The zero-order valence-corrected chi connectivity index (χ0v) is 14.9. The highest BCUT2D eigenvalue weighted by Crippen LogP contribution is 2.26. The van der Waals surface area contributed by atoms with E-state index in [0.29, 0.717) is 30.8 Å². The number of carbonyl (C=O) groups excluding carboxylic acids is 1. The molecule has 9 heteroatoms. The zero-order chi connectivity index (χ0) is 18.9. The van der Waals surface area contributed by atoms with E-state index in [9.17, 15) is 14.9 Å². The van der Waals surface area contributed by atoms with E-state index < -0.39 is 10.5 Å². The minimum atomic E-state index is -0.521. The number of likely N-dealkylation sites (tertiary alicyclic amines) is 1. The first-order valence-electron chi connectivity index (χ1n) is 8.37. The van der Waals surface area contributed by atoms with Crippen molar-refractivity contribution in [1.82, 2.24) is 9.88 Å². The Labute approximate surface area is 150 Å². The van der Waals surface area contributed by atoms with Gasteiger partial charge >= 0.3 is 12.2 Å². The lowest BCUT2D eigenvalue weighted by molar-refractivity contribution is -0.384. The van der Waals surface area contributed by atoms with Crippen LogP contribution >= 0.6 is 0 Å². The van der Waals surface area contributed by atoms with Crippen LogP contribution < -0.4 is 4.74 Å². The van der Waals surface area contributed by atoms with Crippen LogP contribution in [0.5, 0.6) is 6.08 Å². The molecule has 140 valence electrons. The van der Waals surface area contributed by atoms with Crippen molar-refractivity contribution in [3.63, 3.8) is 0 Å². The van der Waals surface area contributed by atoms with Crippen molar-refractivity contribution < 1.29 is 23.6 Å². The normalized spacial score (nSPS) is 17.5. The maximum atomic E-state index is 12.1. The molecule has 0 N–H and O–H groups in total. The molecule has 1 aromatic carbocycles. The van der Waals surface area contributed by atoms with Gasteiger partial charge in [-0.25, -0.2) is 4.79 Å². The minimum absolute atomic E-state index is 0.0545. The lowest BCUT2D eigenvalue weighted by Gasteiger charge is -2.24. The summed E-state index contributed by atoms with van der Waals surface area (Å²) < 4.78 is 16.4. The van der Waals surface area contributed by atoms with Crippen molar-refractivity contribution in [2.45, 2.75) is 32.8 Å². The Morgan fingerprint density at radius 1 is 1.46 bits per heavy atom. The average Bonchev–Trinajstić information content (AvgIpc) is 3.17. The fourth-order valence-corrected chi connectivity index (χ4v) is 2.72. The number of non-ortho nitro benzene ring substituents is 1. The summed E-state index contributed by atoms with van der Waals surface area (Å²) in [6.07, 6.45) is 0.538. The molecule has 2 heterocycles. The second kappa shape index (κ2) is 6.81. The SMILES string of the molecule is CC(C)(C)OC(=O)N1CC[C@@H](COc2nc3cc([N+](=O)[O-])ccc3o2)C1. The molecule has 1 aliphatic rings. The van der Waals surface area contributed by atoms with Crippen molar-refractivity contribution in [1.29, 1.82) is 0 Å². The fourth-order valence-electron chi connectivity index (χ4n) is 2.72. The third-order valence-corrected chi connectivity index (χ3v) is 3.94. The van der Waals surface area contributed by atoms with Gasteiger partial charge in [-0.1, -0.05) is 0 Å². The van der Waals surface area contributed by atoms with Crippen LogP contribution in [0.25, 0.3) is 11.1 Å². The summed E-state index contributed by atoms with van der Waals surface area (Å²) in [4.78, 5) is 28.2. The quantitative estimate of drug-likeness (QED) is 0.605. The van der Waals surface area contributed by atoms with E-state index in [1.165, 1.54) is 18.2 Å². The highest BCUT2D eigenvalue weighted by Gasteiger charge is 2.30. The van der Waals surface area contributed by atoms with E-state index in [1.54, 1.807) is 4.90 Å². The number of ether oxygens (including phenoxy) is 2. The van der Waals surface area contributed by atoms with Crippen LogP contribution in [-0.2, 0) is 4.74 Å². The van der Waals surface area contributed by atoms with Crippen molar-refractivity contribution in [2.75, 3.05) is 19.7 Å². The van der Waals surface area contributed by atoms with Crippen molar-refractivity contribution >= 4 is 22.9 Å². The smallest absolute Gasteiger partial charge is 0.410 e. The van der Waals surface area contributed by atoms with E-state index in [1.807, 2.05) is 20.8 Å². The molecule has 1 aliphatic heterocycles. The predicted molar refractivity (Wildman–Crippen MR) is 92.1 cm³/mol. The van der Waals surface area contributed by atoms with Gasteiger partial charge in [0.1, 0.15) is 11.1 Å². The summed E-state index contributed by atoms with van der Waals surface area (Å²) in [5, 5.41) is 10.8. The molecule has 0 unspecified atom stereocenters. The van der Waals surface area contributed by atoms with Crippen LogP contribution in [0.15, 0.2) is 22.6 Å². The molecule has 0 radical (unpaired) electrons. The summed E-state index contributed by atoms with van der Waals surface area (Å²) in [6.45, 7) is 7.00. The number of benzene rings is 1. The molecule has 2 aromatic rings. The first kappa shape index (κ1) is 18.0. The lowest BCUT2D eigenvalue weighted by Crippen LogP contribution is -2.35. The maximum Gasteiger partial charge on any atom is 0.410 e. The molecule has 1 amide bonds. The van der Waals surface area contributed by atoms with Crippen LogP contribution in [0.1, 0.15) is 27.2 Å². The maximum absolute atomic E-state index is 12.1. The molecule has 1 saturated heterocycles. The Hall–Kier alpha value is -2.84. The topological polar surface area (TPSA) is 108 Å². The first-order valence-corrected chi connectivity index (χ1v) is 8.37. The number of nitrogens with zero attached hydrogens (tertiary/aromatic N) is 3. The van der Waals surface area contributed by atoms with Gasteiger partial charge in [0, 0.05) is 31.1 Å². The molecule has 0 aliphatic carbocycles. The summed E-state index contributed by atoms with van der Waals surface area (Å²) in [5.74, 6) is 0.145. The highest BCUT2D eigenvalue weighted by atomic mass is 16.6. The molecule has 9 nitrogen and oxygen atoms in total. The lowest BCUT2D eigenvalue weighted by atomic mass is 10.1. The molecular weight excluding hydrogens is 342 g/mol. The second-order valence-electron chi connectivity index (χ2n) is 7.28. The van der Waals surface area contributed by atoms with Gasteiger partial charge in [0.2, 0.25) is 0 Å². The molecule has 0 bridgehead atoms. The fraction of sp³-hybridized carbons (Fsp3) is 0.529. The summed E-state index contributed by atoms with van der Waals surface area (Å²) in [7, 11) is 0. The number of rotatable bonds is 4. The number of amides is 1. The largest absolute Gasteiger partial charge is 0.450 e. The van der Waals surface area contributed by atoms with Crippen molar-refractivity contribution in [2.24, 2.45) is 5.92 Å². The van der Waals surface area contributed by atoms with Gasteiger partial charge in [0.15, 0.2) is 5.58 Å². The van der Waals surface area contributed by atoms with Crippen LogP contribution in [0.2, 0.25) is 0 Å². The van der Waals surface area contributed by atoms with Crippen molar-refractivity contribution in [3.8, 4) is 6.08 Å². The van der Waals surface area contributed by atoms with Gasteiger partial charge in [-0.3, -0.25) is 10.1 Å². The third-order valence-electron chi connectivity index (χ3n) is 3.94. The Kier molecular flexibility index (Phi) is 4.71. The molecule has 1 aromatic heterocycles. The van der Waals surface area contributed by atoms with E-state index >= 15 is 0 Å². The van der Waals surface area contributed by atoms with E-state index in [-0.39, 0.29) is 23.8 Å². The van der Waals surface area contributed by atoms with Gasteiger partial charge in [-0.2, -0.15) is 4.98 Å². The van der Waals surface area contributed by atoms with Gasteiger partial charge < -0.3 is 18.8 Å². The Morgan fingerprint density at radius 2 is 2.23 bits per heavy atom. The molecule has 0 saturated carbocycles. The number of hydrogen-bond donors (Lipinski definition) is 0. The number of fused-ring (bicyclic) bond motifs is 1. The number of nitro benzene ring substituents is 1. The molecular formula is C17H21N3O6. The number of aromatic nitrogens is 1. The van der Waals surface area contributed by atoms with Gasteiger partial charge in [0.25, 0.3) is 5.69 Å². The molecule has 0 spiro atoms. The molecule has 1 fully saturated rings. The Bertz CT molecular complexity index is 826. The number of hydrogen-bond acceptors (Lipinski definition) is 7. The minimum Gasteiger partial charge on any atom is -0.450 e. The van der Waals surface area contributed by atoms with Crippen molar-refractivity contribution in [3.05, 3.63) is 28.3 Å². The zero-order valence-electron chi connectivity index (χ0n) is 14.9. The Morgan fingerprint density at radius 3 is 2.92 bits per heavy atom. The summed E-state index contributed by atoms with van der Waals surface area (Å²) >= 11 is 0. The number of nitro groups is 1. The summed E-state index contributed by atoms with van der Waals surface area (Å²) in [6, 6.07) is 4.19. The molecule has 1 atom stereocenters. The van der Waals surface area contributed by atoms with E-state index in [2.05, 4.69) is 4.98 Å². The second-order valence-corrected chi connectivity index (χ2v) is 7.28. The van der Waals surface area contributed by atoms with Crippen LogP contribution in [0.3, 0.4) is 0 Å². The van der Waals surface area contributed by atoms with E-state index in [4.69, 9.17) is 13.9 Å². The summed E-state index contributed by atoms with van der Waals surface area (Å²) in [5.41, 5.74) is 0.219. The highest BCUT2D eigenvalue weighted by molar-refractivity contribution is 5.75. The van der Waals surface area contributed by atoms with Crippen LogP contribution in [-0.4, -0.2) is 46.2 Å².